The average Bonchev–Trinajstić information content (AvgIpc) is 2.92. The number of alkyl halides is 3. The van der Waals surface area contributed by atoms with Gasteiger partial charge < -0.3 is 25.3 Å². The lowest BCUT2D eigenvalue weighted by molar-refractivity contribution is -0.192. The lowest BCUT2D eigenvalue weighted by atomic mass is 10.1. The molecular weight excluding hydrogens is 544 g/mol. The number of aliphatic carboxylic acids is 1. The largest absolute Gasteiger partial charge is 0.490 e. The van der Waals surface area contributed by atoms with Gasteiger partial charge in [-0.2, -0.15) is 13.2 Å². The Labute approximate surface area is 234 Å². The molecule has 1 atom stereocenters. The van der Waals surface area contributed by atoms with Gasteiger partial charge in [0.05, 0.1) is 12.1 Å². The van der Waals surface area contributed by atoms with E-state index in [4.69, 9.17) is 14.9 Å². The number of carboxylic acid groups (broad SMARTS) is 2. The Balaban J connectivity index is 0.000000587. The molecule has 8 nitrogen and oxygen atoms in total. The van der Waals surface area contributed by atoms with Gasteiger partial charge in [0.1, 0.15) is 5.82 Å². The number of rotatable bonds is 5. The molecule has 0 aromatic heterocycles. The average molecular weight is 575 g/mol. The van der Waals surface area contributed by atoms with E-state index in [0.29, 0.717) is 18.2 Å². The van der Waals surface area contributed by atoms with Crippen LogP contribution in [0.4, 0.5) is 28.9 Å². The molecule has 1 aliphatic rings. The van der Waals surface area contributed by atoms with Gasteiger partial charge in [0.25, 0.3) is 0 Å². The Morgan fingerprint density at radius 2 is 1.66 bits per heavy atom. The number of carboxylic acids is 2. The summed E-state index contributed by atoms with van der Waals surface area (Å²) in [5.74, 6) is -3.35. The fourth-order valence-electron chi connectivity index (χ4n) is 4.17. The van der Waals surface area contributed by atoms with Crippen molar-refractivity contribution in [2.45, 2.75) is 32.6 Å². The number of carbonyl (C=O) groups is 2. The zero-order valence-electron chi connectivity index (χ0n) is 22.4. The van der Waals surface area contributed by atoms with Crippen LogP contribution in [0.25, 0.3) is 0 Å². The third kappa shape index (κ3) is 9.23. The Kier molecular flexibility index (Phi) is 10.3. The van der Waals surface area contributed by atoms with Crippen molar-refractivity contribution in [1.29, 1.82) is 0 Å². The topological polar surface area (TPSA) is 105 Å². The molecule has 0 radical (unpaired) electrons. The smallest absolute Gasteiger partial charge is 0.478 e. The predicted molar refractivity (Wildman–Crippen MR) is 148 cm³/mol. The van der Waals surface area contributed by atoms with E-state index in [9.17, 15) is 27.5 Å². The van der Waals surface area contributed by atoms with E-state index in [-0.39, 0.29) is 17.4 Å². The summed E-state index contributed by atoms with van der Waals surface area (Å²) >= 11 is 0. The second-order valence-electron chi connectivity index (χ2n) is 9.41. The summed E-state index contributed by atoms with van der Waals surface area (Å²) in [6.07, 6.45) is -5.08. The number of aliphatic imine (C=N–C) groups is 1. The van der Waals surface area contributed by atoms with Gasteiger partial charge in [0, 0.05) is 37.1 Å². The highest BCUT2D eigenvalue weighted by Crippen LogP contribution is 2.23. The molecule has 3 N–H and O–H groups in total. The van der Waals surface area contributed by atoms with Gasteiger partial charge in [-0.15, -0.1) is 0 Å². The van der Waals surface area contributed by atoms with Crippen molar-refractivity contribution in [1.82, 2.24) is 4.90 Å². The maximum atomic E-state index is 13.3. The summed E-state index contributed by atoms with van der Waals surface area (Å²) in [5, 5.41) is 19.8. The zero-order valence-corrected chi connectivity index (χ0v) is 22.4. The van der Waals surface area contributed by atoms with Gasteiger partial charge in [0.15, 0.2) is 5.96 Å². The van der Waals surface area contributed by atoms with Crippen LogP contribution in [-0.4, -0.2) is 64.9 Å². The molecule has 0 amide bonds. The maximum Gasteiger partial charge on any atom is 0.490 e. The van der Waals surface area contributed by atoms with Crippen molar-refractivity contribution in [3.8, 4) is 0 Å². The van der Waals surface area contributed by atoms with Gasteiger partial charge in [-0.1, -0.05) is 30.3 Å². The van der Waals surface area contributed by atoms with Crippen molar-refractivity contribution in [2.24, 2.45) is 4.99 Å². The summed E-state index contributed by atoms with van der Waals surface area (Å²) in [6, 6.07) is 21.8. The number of aryl methyl sites for hydroxylation is 1. The third-order valence-corrected chi connectivity index (χ3v) is 6.19. The molecule has 3 aromatic carbocycles. The number of hydrogen-bond acceptors (Lipinski definition) is 4. The molecule has 3 aromatic rings. The number of nitrogens with one attached hydrogen (secondary N) is 1. The number of halogens is 4. The minimum atomic E-state index is -5.08. The lowest BCUT2D eigenvalue weighted by Gasteiger charge is -2.42. The highest BCUT2D eigenvalue weighted by Gasteiger charge is 2.38. The predicted octanol–water partition coefficient (Wildman–Crippen LogP) is 5.64. The van der Waals surface area contributed by atoms with Crippen LogP contribution in [0.3, 0.4) is 0 Å². The van der Waals surface area contributed by atoms with Crippen LogP contribution in [0.1, 0.15) is 28.4 Å². The third-order valence-electron chi connectivity index (χ3n) is 6.19. The lowest BCUT2D eigenvalue weighted by Crippen LogP contribution is -2.55. The van der Waals surface area contributed by atoms with E-state index >= 15 is 0 Å². The van der Waals surface area contributed by atoms with E-state index < -0.39 is 18.1 Å². The molecule has 4 rings (SSSR count). The normalized spacial score (nSPS) is 15.6. The quantitative estimate of drug-likeness (QED) is 0.206. The van der Waals surface area contributed by atoms with Crippen LogP contribution in [0.2, 0.25) is 0 Å². The first-order valence-corrected chi connectivity index (χ1v) is 12.6. The molecule has 1 aliphatic heterocycles. The van der Waals surface area contributed by atoms with Crippen molar-refractivity contribution >= 4 is 29.3 Å². The second-order valence-corrected chi connectivity index (χ2v) is 9.41. The highest BCUT2D eigenvalue weighted by atomic mass is 19.4. The number of anilines is 2. The first-order valence-electron chi connectivity index (χ1n) is 12.6. The van der Waals surface area contributed by atoms with Gasteiger partial charge in [0.2, 0.25) is 0 Å². The molecule has 0 spiro atoms. The first kappa shape index (κ1) is 30.9. The summed E-state index contributed by atoms with van der Waals surface area (Å²) in [7, 11) is 0. The van der Waals surface area contributed by atoms with E-state index in [0.717, 1.165) is 25.2 Å². The second kappa shape index (κ2) is 13.6. The highest BCUT2D eigenvalue weighted by molar-refractivity contribution is 5.96. The minimum absolute atomic E-state index is 0.209. The van der Waals surface area contributed by atoms with Crippen molar-refractivity contribution < 1.29 is 37.4 Å². The van der Waals surface area contributed by atoms with Crippen LogP contribution < -0.4 is 10.2 Å². The van der Waals surface area contributed by atoms with Crippen molar-refractivity contribution in [3.05, 3.63) is 95.3 Å². The molecule has 0 bridgehead atoms. The number of guanidine groups is 1. The molecule has 1 fully saturated rings. The van der Waals surface area contributed by atoms with E-state index in [1.54, 1.807) is 30.3 Å². The minimum Gasteiger partial charge on any atom is -0.478 e. The monoisotopic (exact) mass is 574 g/mol. The number of piperazine rings is 1. The van der Waals surface area contributed by atoms with Crippen LogP contribution in [0, 0.1) is 12.7 Å². The van der Waals surface area contributed by atoms with Gasteiger partial charge in [-0.25, -0.2) is 19.0 Å². The summed E-state index contributed by atoms with van der Waals surface area (Å²) < 4.78 is 45.0. The van der Waals surface area contributed by atoms with Gasteiger partial charge in [-0.05, 0) is 67.4 Å². The molecule has 1 unspecified atom stereocenters. The van der Waals surface area contributed by atoms with Gasteiger partial charge in [-0.3, -0.25) is 0 Å². The molecule has 0 aliphatic carbocycles. The Bertz CT molecular complexity index is 1380. The standard InChI is InChI=1S/C27H29FN4O2.C2HF3O2/c1-19-5-3-8-25(15-19)32-14-13-31(18-20(32)2)27(29-17-21-9-11-23(28)12-10-21)30-24-7-4-6-22(16-24)26(33)34;3-2(4,5)1(6)7/h3-12,15-16,20H,13-14,17-18H2,1-2H3,(H,29,30)(H,33,34);(H,6,7). The number of aromatic carboxylic acids is 1. The zero-order chi connectivity index (χ0) is 30.2. The van der Waals surface area contributed by atoms with Crippen molar-refractivity contribution in [2.75, 3.05) is 29.9 Å². The fraction of sp³-hybridized carbons (Fsp3) is 0.276. The van der Waals surface area contributed by atoms with Crippen LogP contribution in [0.5, 0.6) is 0 Å². The van der Waals surface area contributed by atoms with Crippen molar-refractivity contribution in [3.63, 3.8) is 0 Å². The Morgan fingerprint density at radius 3 is 2.24 bits per heavy atom. The van der Waals surface area contributed by atoms with Crippen LogP contribution in [0.15, 0.2) is 77.8 Å². The Hall–Kier alpha value is -4.61. The molecule has 218 valence electrons. The number of hydrogen-bond donors (Lipinski definition) is 3. The molecule has 12 heteroatoms. The summed E-state index contributed by atoms with van der Waals surface area (Å²) in [6.45, 7) is 7.01. The SMILES string of the molecule is Cc1cccc(N2CCN(C(=NCc3ccc(F)cc3)Nc3cccc(C(=O)O)c3)CC2C)c1.O=C(O)C(F)(F)F. The van der Waals surface area contributed by atoms with Gasteiger partial charge >= 0.3 is 18.1 Å². The number of nitrogens with zero attached hydrogens (tertiary/aromatic N) is 3. The molecule has 1 heterocycles. The van der Waals surface area contributed by atoms with E-state index in [2.05, 4.69) is 53.2 Å². The first-order chi connectivity index (χ1) is 19.3. The summed E-state index contributed by atoms with van der Waals surface area (Å²) in [5.41, 5.74) is 4.20. The van der Waals surface area contributed by atoms with E-state index in [1.807, 2.05) is 6.07 Å². The van der Waals surface area contributed by atoms with Crippen LogP contribution >= 0.6 is 0 Å². The fourth-order valence-corrected chi connectivity index (χ4v) is 4.17. The number of benzene rings is 3. The van der Waals surface area contributed by atoms with E-state index in [1.165, 1.54) is 23.4 Å². The molecule has 1 saturated heterocycles. The molecule has 0 saturated carbocycles. The summed E-state index contributed by atoms with van der Waals surface area (Å²) in [4.78, 5) is 29.7. The molecule has 41 heavy (non-hydrogen) atoms. The van der Waals surface area contributed by atoms with Crippen LogP contribution in [-0.2, 0) is 11.3 Å². The maximum absolute atomic E-state index is 13.3. The Morgan fingerprint density at radius 1 is 1.00 bits per heavy atom. The molecular formula is C29H30F4N4O4.